The fourth-order valence-electron chi connectivity index (χ4n) is 4.90. The molecule has 4 amide bonds. The molecule has 1 aliphatic carbocycles. The summed E-state index contributed by atoms with van der Waals surface area (Å²) in [6, 6.07) is 0.738. The van der Waals surface area contributed by atoms with Crippen LogP contribution in [0.5, 0.6) is 0 Å². The van der Waals surface area contributed by atoms with Crippen molar-refractivity contribution in [3.63, 3.8) is 0 Å². The maximum Gasteiger partial charge on any atom is 0.325 e. The molecule has 164 valence electrons. The predicted octanol–water partition coefficient (Wildman–Crippen LogP) is 1.65. The standard InChI is InChI=1S/C20H27N3O5S2/c1-3-13(2)23(14-7-10-30(27,28)12-14)17(24)11-22-18(25)20(21-19(22)26)8-4-5-16-15(20)6-9-29-16/h6,9,13-14H,3-5,7-8,10-12H2,1-2H3,(H,21,26)/t13-,14-,20-/m0/s1. The molecule has 1 aromatic rings. The highest BCUT2D eigenvalue weighted by atomic mass is 32.2. The molecule has 3 aliphatic rings. The first kappa shape index (κ1) is 21.3. The van der Waals surface area contributed by atoms with Crippen molar-refractivity contribution < 1.29 is 22.8 Å². The van der Waals surface area contributed by atoms with Crippen LogP contribution in [0.3, 0.4) is 0 Å². The summed E-state index contributed by atoms with van der Waals surface area (Å²) < 4.78 is 23.9. The average molecular weight is 454 g/mol. The van der Waals surface area contributed by atoms with E-state index in [0.717, 1.165) is 28.2 Å². The number of carbonyl (C=O) groups is 3. The van der Waals surface area contributed by atoms with Crippen LogP contribution in [0.25, 0.3) is 0 Å². The van der Waals surface area contributed by atoms with Crippen LogP contribution in [0.4, 0.5) is 4.79 Å². The number of rotatable bonds is 5. The van der Waals surface area contributed by atoms with E-state index >= 15 is 0 Å². The summed E-state index contributed by atoms with van der Waals surface area (Å²) in [5.74, 6) is -0.770. The molecule has 0 unspecified atom stereocenters. The molecule has 10 heteroatoms. The quantitative estimate of drug-likeness (QED) is 0.683. The van der Waals surface area contributed by atoms with Gasteiger partial charge in [0.05, 0.1) is 11.5 Å². The highest BCUT2D eigenvalue weighted by Gasteiger charge is 2.55. The summed E-state index contributed by atoms with van der Waals surface area (Å²) in [6.45, 7) is 3.43. The number of fused-ring (bicyclic) bond motifs is 2. The Hall–Kier alpha value is -1.94. The van der Waals surface area contributed by atoms with E-state index < -0.39 is 27.4 Å². The topological polar surface area (TPSA) is 104 Å². The summed E-state index contributed by atoms with van der Waals surface area (Å²) in [6.07, 6.45) is 3.24. The highest BCUT2D eigenvalue weighted by Crippen LogP contribution is 2.42. The lowest BCUT2D eigenvalue weighted by Crippen LogP contribution is -2.52. The lowest BCUT2D eigenvalue weighted by atomic mass is 9.80. The lowest BCUT2D eigenvalue weighted by Gasteiger charge is -2.35. The summed E-state index contributed by atoms with van der Waals surface area (Å²) >= 11 is 1.58. The van der Waals surface area contributed by atoms with Crippen molar-refractivity contribution in [3.05, 3.63) is 21.9 Å². The monoisotopic (exact) mass is 453 g/mol. The van der Waals surface area contributed by atoms with E-state index in [2.05, 4.69) is 5.32 Å². The Labute approximate surface area is 180 Å². The third kappa shape index (κ3) is 3.43. The number of nitrogens with zero attached hydrogens (tertiary/aromatic N) is 2. The van der Waals surface area contributed by atoms with Crippen LogP contribution in [0.15, 0.2) is 11.4 Å². The third-order valence-corrected chi connectivity index (χ3v) is 9.32. The van der Waals surface area contributed by atoms with Gasteiger partial charge in [-0.3, -0.25) is 14.5 Å². The van der Waals surface area contributed by atoms with E-state index in [1.54, 1.807) is 16.2 Å². The molecule has 2 fully saturated rings. The number of imide groups is 1. The van der Waals surface area contributed by atoms with Gasteiger partial charge in [-0.1, -0.05) is 6.92 Å². The van der Waals surface area contributed by atoms with Crippen molar-refractivity contribution in [3.8, 4) is 0 Å². The molecular weight excluding hydrogens is 426 g/mol. The van der Waals surface area contributed by atoms with Gasteiger partial charge in [-0.2, -0.15) is 0 Å². The Morgan fingerprint density at radius 1 is 1.43 bits per heavy atom. The second kappa shape index (κ2) is 7.64. The van der Waals surface area contributed by atoms with Crippen LogP contribution < -0.4 is 5.32 Å². The Balaban J connectivity index is 1.57. The van der Waals surface area contributed by atoms with Crippen molar-refractivity contribution in [1.82, 2.24) is 15.1 Å². The summed E-state index contributed by atoms with van der Waals surface area (Å²) in [5, 5.41) is 4.79. The van der Waals surface area contributed by atoms with Gasteiger partial charge < -0.3 is 10.2 Å². The lowest BCUT2D eigenvalue weighted by molar-refractivity contribution is -0.142. The molecule has 30 heavy (non-hydrogen) atoms. The molecule has 1 spiro atoms. The normalized spacial score (nSPS) is 28.5. The van der Waals surface area contributed by atoms with E-state index in [9.17, 15) is 22.8 Å². The van der Waals surface area contributed by atoms with Crippen molar-refractivity contribution in [2.45, 2.75) is 63.6 Å². The molecule has 2 aliphatic heterocycles. The number of nitrogens with one attached hydrogen (secondary N) is 1. The Morgan fingerprint density at radius 2 is 2.20 bits per heavy atom. The molecule has 3 heterocycles. The number of thiophene rings is 1. The highest BCUT2D eigenvalue weighted by molar-refractivity contribution is 7.91. The van der Waals surface area contributed by atoms with Gasteiger partial charge in [0.15, 0.2) is 9.84 Å². The molecular formula is C20H27N3O5S2. The predicted molar refractivity (Wildman–Crippen MR) is 113 cm³/mol. The van der Waals surface area contributed by atoms with Crippen LogP contribution in [0, 0.1) is 0 Å². The largest absolute Gasteiger partial charge is 0.334 e. The molecule has 4 rings (SSSR count). The number of urea groups is 1. The van der Waals surface area contributed by atoms with Gasteiger partial charge in [0, 0.05) is 22.5 Å². The van der Waals surface area contributed by atoms with Crippen molar-refractivity contribution in [2.24, 2.45) is 0 Å². The van der Waals surface area contributed by atoms with Crippen LogP contribution in [-0.2, 0) is 31.4 Å². The van der Waals surface area contributed by atoms with E-state index in [0.29, 0.717) is 19.3 Å². The molecule has 1 aromatic heterocycles. The summed E-state index contributed by atoms with van der Waals surface area (Å²) in [7, 11) is -3.17. The summed E-state index contributed by atoms with van der Waals surface area (Å²) in [5.41, 5.74) is -0.240. The van der Waals surface area contributed by atoms with Gasteiger partial charge in [-0.05, 0) is 50.5 Å². The Kier molecular flexibility index (Phi) is 5.42. The zero-order valence-corrected chi connectivity index (χ0v) is 18.9. The van der Waals surface area contributed by atoms with Gasteiger partial charge in [0.2, 0.25) is 5.91 Å². The minimum absolute atomic E-state index is 0.0606. The SMILES string of the molecule is CC[C@H](C)N(C(=O)CN1C(=O)N[C@]2(CCCc3sccc32)C1=O)[C@H]1CCS(=O)(=O)C1. The fourth-order valence-corrected chi connectivity index (χ4v) is 7.61. The van der Waals surface area contributed by atoms with E-state index in [-0.39, 0.29) is 35.9 Å². The van der Waals surface area contributed by atoms with Crippen molar-refractivity contribution in [2.75, 3.05) is 18.1 Å². The minimum Gasteiger partial charge on any atom is -0.334 e. The van der Waals surface area contributed by atoms with E-state index in [1.807, 2.05) is 25.3 Å². The number of hydrogen-bond donors (Lipinski definition) is 1. The maximum absolute atomic E-state index is 13.4. The average Bonchev–Trinajstić information content (AvgIpc) is 3.37. The van der Waals surface area contributed by atoms with Crippen LogP contribution in [0.1, 0.15) is 50.0 Å². The van der Waals surface area contributed by atoms with E-state index in [1.165, 1.54) is 0 Å². The van der Waals surface area contributed by atoms with Crippen LogP contribution in [0.2, 0.25) is 0 Å². The second-order valence-electron chi connectivity index (χ2n) is 8.45. The molecule has 0 saturated carbocycles. The first-order valence-electron chi connectivity index (χ1n) is 10.4. The van der Waals surface area contributed by atoms with Crippen LogP contribution >= 0.6 is 11.3 Å². The Bertz CT molecular complexity index is 988. The number of carbonyl (C=O) groups excluding carboxylic acids is 3. The summed E-state index contributed by atoms with van der Waals surface area (Å²) in [4.78, 5) is 43.0. The smallest absolute Gasteiger partial charge is 0.325 e. The number of amides is 4. The molecule has 0 bridgehead atoms. The zero-order valence-electron chi connectivity index (χ0n) is 17.2. The molecule has 1 N–H and O–H groups in total. The van der Waals surface area contributed by atoms with Crippen LogP contribution in [-0.4, -0.2) is 66.2 Å². The van der Waals surface area contributed by atoms with Crippen molar-refractivity contribution in [1.29, 1.82) is 0 Å². The first-order valence-corrected chi connectivity index (χ1v) is 13.1. The number of hydrogen-bond acceptors (Lipinski definition) is 6. The number of sulfone groups is 1. The fraction of sp³-hybridized carbons (Fsp3) is 0.650. The third-order valence-electron chi connectivity index (χ3n) is 6.59. The van der Waals surface area contributed by atoms with Crippen molar-refractivity contribution >= 4 is 39.0 Å². The molecule has 2 saturated heterocycles. The zero-order chi connectivity index (χ0) is 21.7. The maximum atomic E-state index is 13.4. The molecule has 8 nitrogen and oxygen atoms in total. The van der Waals surface area contributed by atoms with Gasteiger partial charge in [-0.25, -0.2) is 13.2 Å². The molecule has 3 atom stereocenters. The second-order valence-corrected chi connectivity index (χ2v) is 11.7. The number of aryl methyl sites for hydroxylation is 1. The van der Waals surface area contributed by atoms with Gasteiger partial charge in [0.25, 0.3) is 5.91 Å². The molecule has 0 radical (unpaired) electrons. The van der Waals surface area contributed by atoms with Gasteiger partial charge >= 0.3 is 6.03 Å². The van der Waals surface area contributed by atoms with Gasteiger partial charge in [0.1, 0.15) is 12.1 Å². The molecule has 0 aromatic carbocycles. The Morgan fingerprint density at radius 3 is 2.87 bits per heavy atom. The first-order chi connectivity index (χ1) is 14.2. The van der Waals surface area contributed by atoms with Gasteiger partial charge in [-0.15, -0.1) is 11.3 Å². The minimum atomic E-state index is -3.17. The van der Waals surface area contributed by atoms with E-state index in [4.69, 9.17) is 0 Å².